The molecule has 2 N–H and O–H groups in total. The fourth-order valence-electron chi connectivity index (χ4n) is 3.42. The van der Waals surface area contributed by atoms with Gasteiger partial charge in [-0.3, -0.25) is 10.3 Å². The number of rotatable bonds is 2. The van der Waals surface area contributed by atoms with E-state index in [-0.39, 0.29) is 5.56 Å². The molecule has 2 atom stereocenters. The molecule has 1 amide bonds. The SMILES string of the molecule is CC1(C)OB(c2ccc(F)c([C@]3(C)CO[C@@](C)(C(F)(F)F)C(NC(=O)O)=N3)c2)OC1(C)C. The maximum atomic E-state index is 14.8. The highest BCUT2D eigenvalue weighted by Gasteiger charge is 2.60. The minimum atomic E-state index is -4.96. The summed E-state index contributed by atoms with van der Waals surface area (Å²) < 4.78 is 72.7. The van der Waals surface area contributed by atoms with Gasteiger partial charge in [0, 0.05) is 5.56 Å². The largest absolute Gasteiger partial charge is 0.494 e. The summed E-state index contributed by atoms with van der Waals surface area (Å²) in [4.78, 5) is 15.1. The summed E-state index contributed by atoms with van der Waals surface area (Å²) in [7, 11) is -0.839. The molecule has 1 saturated heterocycles. The number of halogens is 4. The molecule has 12 heteroatoms. The number of carboxylic acid groups (broad SMARTS) is 1. The van der Waals surface area contributed by atoms with Crippen molar-refractivity contribution in [3.05, 3.63) is 29.6 Å². The lowest BCUT2D eigenvalue weighted by Gasteiger charge is -2.42. The Morgan fingerprint density at radius 3 is 2.19 bits per heavy atom. The summed E-state index contributed by atoms with van der Waals surface area (Å²) in [6.45, 7) is 8.77. The smallest absolute Gasteiger partial charge is 0.465 e. The molecule has 1 aromatic rings. The highest BCUT2D eigenvalue weighted by atomic mass is 19.4. The molecular formula is C20H25BF4N2O5. The molecule has 0 spiro atoms. The van der Waals surface area contributed by atoms with Crippen LogP contribution in [0.2, 0.25) is 0 Å². The van der Waals surface area contributed by atoms with E-state index in [4.69, 9.17) is 19.2 Å². The summed E-state index contributed by atoms with van der Waals surface area (Å²) in [5, 5.41) is 10.7. The summed E-state index contributed by atoms with van der Waals surface area (Å²) in [6, 6.07) is 3.98. The van der Waals surface area contributed by atoms with E-state index in [1.165, 1.54) is 19.1 Å². The maximum absolute atomic E-state index is 14.8. The number of benzene rings is 1. The van der Waals surface area contributed by atoms with Gasteiger partial charge in [-0.2, -0.15) is 13.2 Å². The normalized spacial score (nSPS) is 29.6. The van der Waals surface area contributed by atoms with Crippen LogP contribution in [0.1, 0.15) is 47.1 Å². The second-order valence-corrected chi connectivity index (χ2v) is 9.31. The zero-order valence-corrected chi connectivity index (χ0v) is 18.6. The number of hydrogen-bond donors (Lipinski definition) is 2. The number of carbonyl (C=O) groups is 1. The Hall–Kier alpha value is -2.18. The minimum Gasteiger partial charge on any atom is -0.465 e. The molecule has 0 saturated carbocycles. The highest BCUT2D eigenvalue weighted by molar-refractivity contribution is 6.62. The first kappa shape index (κ1) is 24.5. The Kier molecular flexibility index (Phi) is 5.68. The van der Waals surface area contributed by atoms with Crippen LogP contribution in [0, 0.1) is 5.82 Å². The summed E-state index contributed by atoms with van der Waals surface area (Å²) in [5.74, 6) is -1.72. The maximum Gasteiger partial charge on any atom is 0.494 e. The van der Waals surface area contributed by atoms with Gasteiger partial charge in [-0.05, 0) is 53.1 Å². The Labute approximate surface area is 183 Å². The van der Waals surface area contributed by atoms with Crippen LogP contribution in [-0.4, -0.2) is 53.7 Å². The van der Waals surface area contributed by atoms with E-state index in [0.29, 0.717) is 12.4 Å². The topological polar surface area (TPSA) is 89.4 Å². The molecular weight excluding hydrogens is 435 g/mol. The number of hydrogen-bond acceptors (Lipinski definition) is 5. The fourth-order valence-corrected chi connectivity index (χ4v) is 3.42. The average Bonchev–Trinajstić information content (AvgIpc) is 2.85. The number of ether oxygens (including phenoxy) is 1. The van der Waals surface area contributed by atoms with Crippen LogP contribution in [0.15, 0.2) is 23.2 Å². The molecule has 3 rings (SSSR count). The Bertz CT molecular complexity index is 952. The third-order valence-electron chi connectivity index (χ3n) is 6.31. The number of amidine groups is 1. The predicted octanol–water partition coefficient (Wildman–Crippen LogP) is 3.36. The van der Waals surface area contributed by atoms with Crippen molar-refractivity contribution in [1.29, 1.82) is 0 Å². The molecule has 0 radical (unpaired) electrons. The van der Waals surface area contributed by atoms with Crippen molar-refractivity contribution < 1.29 is 41.5 Å². The Balaban J connectivity index is 2.06. The molecule has 7 nitrogen and oxygen atoms in total. The van der Waals surface area contributed by atoms with E-state index in [1.54, 1.807) is 5.32 Å². The Morgan fingerprint density at radius 1 is 1.12 bits per heavy atom. The predicted molar refractivity (Wildman–Crippen MR) is 108 cm³/mol. The van der Waals surface area contributed by atoms with Crippen molar-refractivity contribution in [3.8, 4) is 0 Å². The lowest BCUT2D eigenvalue weighted by Crippen LogP contribution is -2.62. The van der Waals surface area contributed by atoms with Gasteiger partial charge in [0.25, 0.3) is 0 Å². The number of amides is 1. The Morgan fingerprint density at radius 2 is 1.69 bits per heavy atom. The van der Waals surface area contributed by atoms with E-state index in [2.05, 4.69) is 4.99 Å². The molecule has 2 aliphatic rings. The van der Waals surface area contributed by atoms with Crippen molar-refractivity contribution in [2.75, 3.05) is 6.61 Å². The van der Waals surface area contributed by atoms with Gasteiger partial charge < -0.3 is 19.2 Å². The molecule has 0 unspecified atom stereocenters. The van der Waals surface area contributed by atoms with Crippen LogP contribution in [-0.2, 0) is 19.6 Å². The van der Waals surface area contributed by atoms with E-state index in [0.717, 1.165) is 6.07 Å². The van der Waals surface area contributed by atoms with Crippen LogP contribution in [0.25, 0.3) is 0 Å². The lowest BCUT2D eigenvalue weighted by molar-refractivity contribution is -0.250. The van der Waals surface area contributed by atoms with Crippen molar-refractivity contribution in [1.82, 2.24) is 5.32 Å². The minimum absolute atomic E-state index is 0.0846. The van der Waals surface area contributed by atoms with Gasteiger partial charge in [-0.25, -0.2) is 9.18 Å². The van der Waals surface area contributed by atoms with Gasteiger partial charge in [0.05, 0.1) is 17.8 Å². The monoisotopic (exact) mass is 460 g/mol. The average molecular weight is 460 g/mol. The highest BCUT2D eigenvalue weighted by Crippen LogP contribution is 2.42. The van der Waals surface area contributed by atoms with Gasteiger partial charge in [0.15, 0.2) is 0 Å². The van der Waals surface area contributed by atoms with Crippen LogP contribution >= 0.6 is 0 Å². The zero-order valence-electron chi connectivity index (χ0n) is 18.6. The number of aliphatic imine (C=N–C) groups is 1. The molecule has 1 aromatic carbocycles. The first-order chi connectivity index (χ1) is 14.4. The van der Waals surface area contributed by atoms with Crippen LogP contribution in [0.3, 0.4) is 0 Å². The molecule has 0 bridgehead atoms. The summed E-state index contributed by atoms with van der Waals surface area (Å²) in [5.41, 5.74) is -5.60. The van der Waals surface area contributed by atoms with Crippen molar-refractivity contribution in [2.45, 2.75) is 70.1 Å². The molecule has 176 valence electrons. The second kappa shape index (κ2) is 7.42. The van der Waals surface area contributed by atoms with E-state index < -0.39 is 60.0 Å². The first-order valence-electron chi connectivity index (χ1n) is 9.88. The molecule has 0 aromatic heterocycles. The van der Waals surface area contributed by atoms with E-state index >= 15 is 0 Å². The second-order valence-electron chi connectivity index (χ2n) is 9.31. The van der Waals surface area contributed by atoms with Gasteiger partial charge >= 0.3 is 19.4 Å². The molecule has 0 aliphatic carbocycles. The zero-order chi connectivity index (χ0) is 24.3. The van der Waals surface area contributed by atoms with Crippen molar-refractivity contribution in [3.63, 3.8) is 0 Å². The van der Waals surface area contributed by atoms with E-state index in [1.807, 2.05) is 27.7 Å². The standard InChI is InChI=1S/C20H25BF4N2O5/c1-16(2)17(3,4)32-21(31-16)11-7-8-13(22)12(9-11)18(5)10-30-19(6,20(23,24)25)14(27-18)26-15(28)29/h7-9H,10H2,1-6H3,(H,26,27)(H,28,29)/t18-,19+/m0/s1. The molecule has 32 heavy (non-hydrogen) atoms. The van der Waals surface area contributed by atoms with Gasteiger partial charge in [-0.15, -0.1) is 0 Å². The van der Waals surface area contributed by atoms with Crippen LogP contribution in [0.5, 0.6) is 0 Å². The first-order valence-corrected chi connectivity index (χ1v) is 9.88. The van der Waals surface area contributed by atoms with E-state index in [9.17, 15) is 22.4 Å². The van der Waals surface area contributed by atoms with Gasteiger partial charge in [0.2, 0.25) is 5.60 Å². The van der Waals surface area contributed by atoms with Crippen molar-refractivity contribution >= 4 is 24.5 Å². The number of nitrogens with one attached hydrogen (secondary N) is 1. The molecule has 1 fully saturated rings. The molecule has 2 aliphatic heterocycles. The quantitative estimate of drug-likeness (QED) is 0.522. The fraction of sp³-hybridized carbons (Fsp3) is 0.600. The van der Waals surface area contributed by atoms with Gasteiger partial charge in [0.1, 0.15) is 17.2 Å². The molecule has 2 heterocycles. The summed E-state index contributed by atoms with van der Waals surface area (Å²) >= 11 is 0. The van der Waals surface area contributed by atoms with Crippen LogP contribution in [0.4, 0.5) is 22.4 Å². The number of nitrogens with zero attached hydrogens (tertiary/aromatic N) is 1. The van der Waals surface area contributed by atoms with Gasteiger partial charge in [-0.1, -0.05) is 12.1 Å². The van der Waals surface area contributed by atoms with Crippen molar-refractivity contribution in [2.24, 2.45) is 4.99 Å². The third kappa shape index (κ3) is 3.99. The summed E-state index contributed by atoms with van der Waals surface area (Å²) in [6.07, 6.45) is -6.71. The third-order valence-corrected chi connectivity index (χ3v) is 6.31. The number of alkyl halides is 3. The van der Waals surface area contributed by atoms with Crippen LogP contribution < -0.4 is 10.8 Å². The lowest BCUT2D eigenvalue weighted by atomic mass is 9.76.